The predicted octanol–water partition coefficient (Wildman–Crippen LogP) is 3.21. The molecule has 0 aliphatic carbocycles. The van der Waals surface area contributed by atoms with Gasteiger partial charge in [0, 0.05) is 18.1 Å². The van der Waals surface area contributed by atoms with Crippen molar-refractivity contribution in [3.8, 4) is 11.5 Å². The SMILES string of the molecule is C[C@@H](C(=O)NCc1ccc2c(c1)OCO2)N(C)Cc1ccc(Cl)cc1. The lowest BCUT2D eigenvalue weighted by molar-refractivity contribution is -0.125. The predicted molar refractivity (Wildman–Crippen MR) is 96.8 cm³/mol. The molecule has 0 unspecified atom stereocenters. The molecule has 5 nitrogen and oxygen atoms in total. The van der Waals surface area contributed by atoms with Crippen LogP contribution in [0.2, 0.25) is 5.02 Å². The number of carbonyl (C=O) groups is 1. The molecule has 1 aliphatic heterocycles. The van der Waals surface area contributed by atoms with E-state index in [0.717, 1.165) is 22.6 Å². The second kappa shape index (κ2) is 7.76. The van der Waals surface area contributed by atoms with Crippen LogP contribution in [0.3, 0.4) is 0 Å². The first-order valence-electron chi connectivity index (χ1n) is 8.14. The van der Waals surface area contributed by atoms with Gasteiger partial charge in [-0.3, -0.25) is 9.69 Å². The van der Waals surface area contributed by atoms with Crippen LogP contribution in [-0.2, 0) is 17.9 Å². The van der Waals surface area contributed by atoms with Gasteiger partial charge in [-0.2, -0.15) is 0 Å². The minimum atomic E-state index is -0.246. The van der Waals surface area contributed by atoms with E-state index in [9.17, 15) is 4.79 Å². The molecule has 2 aromatic rings. The van der Waals surface area contributed by atoms with Crippen LogP contribution in [0.15, 0.2) is 42.5 Å². The number of fused-ring (bicyclic) bond motifs is 1. The lowest BCUT2D eigenvalue weighted by atomic mass is 10.1. The Morgan fingerprint density at radius 2 is 1.84 bits per heavy atom. The highest BCUT2D eigenvalue weighted by Gasteiger charge is 2.18. The average molecular weight is 361 g/mol. The van der Waals surface area contributed by atoms with Crippen LogP contribution in [0, 0.1) is 0 Å². The van der Waals surface area contributed by atoms with Crippen molar-refractivity contribution in [2.45, 2.75) is 26.1 Å². The number of hydrogen-bond acceptors (Lipinski definition) is 4. The van der Waals surface area contributed by atoms with E-state index in [4.69, 9.17) is 21.1 Å². The third-order valence-corrected chi connectivity index (χ3v) is 4.54. The molecule has 1 heterocycles. The van der Waals surface area contributed by atoms with Crippen molar-refractivity contribution in [3.63, 3.8) is 0 Å². The summed E-state index contributed by atoms with van der Waals surface area (Å²) in [6, 6.07) is 13.1. The molecule has 0 bridgehead atoms. The molecule has 1 N–H and O–H groups in total. The van der Waals surface area contributed by atoms with Crippen molar-refractivity contribution in [2.24, 2.45) is 0 Å². The van der Waals surface area contributed by atoms with Crippen LogP contribution < -0.4 is 14.8 Å². The van der Waals surface area contributed by atoms with Crippen LogP contribution in [0.25, 0.3) is 0 Å². The Morgan fingerprint density at radius 1 is 1.16 bits per heavy atom. The highest BCUT2D eigenvalue weighted by molar-refractivity contribution is 6.30. The molecule has 2 aromatic carbocycles. The second-order valence-electron chi connectivity index (χ2n) is 6.12. The topological polar surface area (TPSA) is 50.8 Å². The summed E-state index contributed by atoms with van der Waals surface area (Å²) in [6.45, 7) is 3.27. The smallest absolute Gasteiger partial charge is 0.237 e. The van der Waals surface area contributed by atoms with Gasteiger partial charge >= 0.3 is 0 Å². The molecule has 3 rings (SSSR count). The van der Waals surface area contributed by atoms with Crippen molar-refractivity contribution < 1.29 is 14.3 Å². The molecule has 0 saturated carbocycles. The first kappa shape index (κ1) is 17.6. The maximum absolute atomic E-state index is 12.4. The van der Waals surface area contributed by atoms with E-state index in [1.54, 1.807) is 0 Å². The van der Waals surface area contributed by atoms with E-state index in [1.165, 1.54) is 0 Å². The fourth-order valence-corrected chi connectivity index (χ4v) is 2.73. The zero-order chi connectivity index (χ0) is 17.8. The number of likely N-dealkylation sites (N-methyl/N-ethyl adjacent to an activating group) is 1. The summed E-state index contributed by atoms with van der Waals surface area (Å²) < 4.78 is 10.6. The number of hydrogen-bond donors (Lipinski definition) is 1. The van der Waals surface area contributed by atoms with E-state index in [2.05, 4.69) is 5.32 Å². The number of ether oxygens (including phenoxy) is 2. The number of nitrogens with zero attached hydrogens (tertiary/aromatic N) is 1. The fourth-order valence-electron chi connectivity index (χ4n) is 2.60. The summed E-state index contributed by atoms with van der Waals surface area (Å²) in [7, 11) is 1.93. The van der Waals surface area contributed by atoms with Crippen molar-refractivity contribution >= 4 is 17.5 Å². The van der Waals surface area contributed by atoms with Gasteiger partial charge in [0.15, 0.2) is 11.5 Å². The van der Waals surface area contributed by atoms with Crippen molar-refractivity contribution in [2.75, 3.05) is 13.8 Å². The molecule has 25 heavy (non-hydrogen) atoms. The highest BCUT2D eigenvalue weighted by Crippen LogP contribution is 2.32. The molecular formula is C19H21ClN2O3. The molecule has 0 saturated heterocycles. The summed E-state index contributed by atoms with van der Waals surface area (Å²) >= 11 is 5.90. The summed E-state index contributed by atoms with van der Waals surface area (Å²) in [5, 5.41) is 3.68. The minimum Gasteiger partial charge on any atom is -0.454 e. The number of amides is 1. The van der Waals surface area contributed by atoms with Crippen LogP contribution in [-0.4, -0.2) is 30.7 Å². The van der Waals surface area contributed by atoms with Gasteiger partial charge < -0.3 is 14.8 Å². The second-order valence-corrected chi connectivity index (χ2v) is 6.56. The van der Waals surface area contributed by atoms with Crippen LogP contribution in [0.4, 0.5) is 0 Å². The average Bonchev–Trinajstić information content (AvgIpc) is 3.08. The highest BCUT2D eigenvalue weighted by atomic mass is 35.5. The lowest BCUT2D eigenvalue weighted by Gasteiger charge is -2.24. The van der Waals surface area contributed by atoms with Gasteiger partial charge in [0.05, 0.1) is 6.04 Å². The number of rotatable bonds is 6. The lowest BCUT2D eigenvalue weighted by Crippen LogP contribution is -2.42. The molecular weight excluding hydrogens is 340 g/mol. The summed E-state index contributed by atoms with van der Waals surface area (Å²) in [4.78, 5) is 14.4. The van der Waals surface area contributed by atoms with Crippen LogP contribution in [0.5, 0.6) is 11.5 Å². The number of nitrogens with one attached hydrogen (secondary N) is 1. The summed E-state index contributed by atoms with van der Waals surface area (Å²) in [5.41, 5.74) is 2.09. The first-order chi connectivity index (χ1) is 12.0. The summed E-state index contributed by atoms with van der Waals surface area (Å²) in [5.74, 6) is 1.44. The third kappa shape index (κ3) is 4.44. The quantitative estimate of drug-likeness (QED) is 0.859. The van der Waals surface area contributed by atoms with Gasteiger partial charge in [-0.1, -0.05) is 29.8 Å². The van der Waals surface area contributed by atoms with Gasteiger partial charge in [-0.25, -0.2) is 0 Å². The van der Waals surface area contributed by atoms with E-state index >= 15 is 0 Å². The molecule has 132 valence electrons. The van der Waals surface area contributed by atoms with Gasteiger partial charge in [-0.15, -0.1) is 0 Å². The van der Waals surface area contributed by atoms with E-state index in [-0.39, 0.29) is 18.7 Å². The molecule has 6 heteroatoms. The normalized spacial score (nSPS) is 13.8. The zero-order valence-corrected chi connectivity index (χ0v) is 15.0. The molecule has 1 atom stereocenters. The van der Waals surface area contributed by atoms with Gasteiger partial charge in [0.2, 0.25) is 12.7 Å². The monoisotopic (exact) mass is 360 g/mol. The Kier molecular flexibility index (Phi) is 5.46. The fraction of sp³-hybridized carbons (Fsp3) is 0.316. The van der Waals surface area contributed by atoms with Crippen molar-refractivity contribution in [3.05, 3.63) is 58.6 Å². The largest absolute Gasteiger partial charge is 0.454 e. The zero-order valence-electron chi connectivity index (χ0n) is 14.3. The van der Waals surface area contributed by atoms with Gasteiger partial charge in [-0.05, 0) is 49.4 Å². The molecule has 1 aliphatic rings. The van der Waals surface area contributed by atoms with Gasteiger partial charge in [0.25, 0.3) is 0 Å². The Hall–Kier alpha value is -2.24. The maximum atomic E-state index is 12.4. The number of carbonyl (C=O) groups excluding carboxylic acids is 1. The molecule has 1 amide bonds. The Balaban J connectivity index is 1.52. The van der Waals surface area contributed by atoms with Gasteiger partial charge in [0.1, 0.15) is 0 Å². The maximum Gasteiger partial charge on any atom is 0.237 e. The number of halogens is 1. The standard InChI is InChI=1S/C19H21ClN2O3/c1-13(22(2)11-14-3-6-16(20)7-4-14)19(23)21-10-15-5-8-17-18(9-15)25-12-24-17/h3-9,13H,10-12H2,1-2H3,(H,21,23)/t13-/m0/s1. The third-order valence-electron chi connectivity index (χ3n) is 4.29. The minimum absolute atomic E-state index is 0.0193. The molecule has 0 spiro atoms. The Bertz CT molecular complexity index is 749. The van der Waals surface area contributed by atoms with E-state index in [0.29, 0.717) is 18.1 Å². The Morgan fingerprint density at radius 3 is 2.60 bits per heavy atom. The van der Waals surface area contributed by atoms with Crippen LogP contribution >= 0.6 is 11.6 Å². The van der Waals surface area contributed by atoms with Crippen molar-refractivity contribution in [1.29, 1.82) is 0 Å². The first-order valence-corrected chi connectivity index (χ1v) is 8.51. The van der Waals surface area contributed by atoms with E-state index < -0.39 is 0 Å². The van der Waals surface area contributed by atoms with E-state index in [1.807, 2.05) is 61.3 Å². The van der Waals surface area contributed by atoms with Crippen molar-refractivity contribution in [1.82, 2.24) is 10.2 Å². The molecule has 0 fully saturated rings. The van der Waals surface area contributed by atoms with Crippen LogP contribution in [0.1, 0.15) is 18.1 Å². The molecule has 0 radical (unpaired) electrons. The number of benzene rings is 2. The molecule has 0 aromatic heterocycles. The summed E-state index contributed by atoms with van der Waals surface area (Å²) in [6.07, 6.45) is 0. The Labute approximate surface area is 152 Å².